The number of nitrogens with zero attached hydrogens (tertiary/aromatic N) is 6. The molecule has 3 aromatic heterocycles. The first kappa shape index (κ1) is 25.8. The highest BCUT2D eigenvalue weighted by molar-refractivity contribution is 5.51. The van der Waals surface area contributed by atoms with Crippen LogP contribution in [0.15, 0.2) is 48.8 Å². The zero-order chi connectivity index (χ0) is 27.2. The van der Waals surface area contributed by atoms with Crippen LogP contribution in [0.2, 0.25) is 0 Å². The van der Waals surface area contributed by atoms with E-state index in [0.717, 1.165) is 0 Å². The molecule has 38 heavy (non-hydrogen) atoms. The zero-order valence-electron chi connectivity index (χ0n) is 19.7. The minimum absolute atomic E-state index is 0.00161. The molecule has 0 radical (unpaired) electrons. The van der Waals surface area contributed by atoms with Crippen LogP contribution in [0.25, 0.3) is 5.65 Å². The molecule has 0 amide bonds. The smallest absolute Gasteiger partial charge is 0.368 e. The van der Waals surface area contributed by atoms with Crippen molar-refractivity contribution in [1.82, 2.24) is 29.0 Å². The van der Waals surface area contributed by atoms with Crippen molar-refractivity contribution in [3.8, 4) is 0 Å². The number of hydrogen-bond donors (Lipinski definition) is 2. The van der Waals surface area contributed by atoms with Crippen molar-refractivity contribution < 1.29 is 30.7 Å². The highest BCUT2D eigenvalue weighted by Gasteiger charge is 2.38. The molecule has 0 saturated carbocycles. The van der Waals surface area contributed by atoms with Gasteiger partial charge in [-0.25, -0.2) is 14.4 Å². The van der Waals surface area contributed by atoms with Crippen molar-refractivity contribution in [2.75, 3.05) is 30.3 Å². The maximum atomic E-state index is 13.6. The maximum Gasteiger partial charge on any atom is 0.435 e. The fourth-order valence-electron chi connectivity index (χ4n) is 4.27. The molecule has 4 heterocycles. The SMILES string of the molecule is Cn1ccnc1NC1CN([C@@H](CNc2cc(C(F)(F)F)nc3cc(C(F)(F)F)nn23)c2ccc(F)cc2)C1. The summed E-state index contributed by atoms with van der Waals surface area (Å²) in [7, 11) is 1.83. The molecule has 2 N–H and O–H groups in total. The number of benzene rings is 1. The lowest BCUT2D eigenvalue weighted by Gasteiger charge is -2.45. The number of likely N-dealkylation sites (tertiary alicyclic amines) is 1. The summed E-state index contributed by atoms with van der Waals surface area (Å²) in [6, 6.07) is 6.31. The lowest BCUT2D eigenvalue weighted by atomic mass is 9.99. The van der Waals surface area contributed by atoms with E-state index in [1.54, 1.807) is 24.5 Å². The predicted octanol–water partition coefficient (Wildman–Crippen LogP) is 4.59. The molecule has 15 heteroatoms. The fraction of sp³-hybridized carbons (Fsp3) is 0.348. The van der Waals surface area contributed by atoms with E-state index in [-0.39, 0.29) is 18.4 Å². The van der Waals surface area contributed by atoms with Crippen molar-refractivity contribution in [3.05, 3.63) is 71.6 Å². The van der Waals surface area contributed by atoms with Gasteiger partial charge < -0.3 is 15.2 Å². The third-order valence-electron chi connectivity index (χ3n) is 6.24. The number of rotatable bonds is 7. The van der Waals surface area contributed by atoms with E-state index < -0.39 is 41.2 Å². The van der Waals surface area contributed by atoms with Crippen LogP contribution in [0.4, 0.5) is 42.5 Å². The Morgan fingerprint density at radius 1 is 1.00 bits per heavy atom. The van der Waals surface area contributed by atoms with E-state index in [0.29, 0.717) is 41.2 Å². The largest absolute Gasteiger partial charge is 0.435 e. The number of aromatic nitrogens is 5. The molecule has 1 fully saturated rings. The van der Waals surface area contributed by atoms with Crippen LogP contribution in [0, 0.1) is 5.82 Å². The third kappa shape index (κ3) is 5.23. The summed E-state index contributed by atoms with van der Waals surface area (Å²) in [5.74, 6) is -0.0995. The van der Waals surface area contributed by atoms with Gasteiger partial charge in [-0.2, -0.15) is 36.0 Å². The predicted molar refractivity (Wildman–Crippen MR) is 123 cm³/mol. The Morgan fingerprint density at radius 2 is 1.68 bits per heavy atom. The van der Waals surface area contributed by atoms with E-state index in [2.05, 4.69) is 25.7 Å². The third-order valence-corrected chi connectivity index (χ3v) is 6.24. The molecular formula is C23H21F7N8. The number of anilines is 2. The Kier molecular flexibility index (Phi) is 6.41. The van der Waals surface area contributed by atoms with E-state index in [1.807, 2.05) is 16.5 Å². The number of alkyl halides is 6. The van der Waals surface area contributed by atoms with Gasteiger partial charge in [0, 0.05) is 51.2 Å². The van der Waals surface area contributed by atoms with Crippen molar-refractivity contribution in [2.24, 2.45) is 7.05 Å². The van der Waals surface area contributed by atoms with E-state index in [1.165, 1.54) is 12.1 Å². The zero-order valence-corrected chi connectivity index (χ0v) is 19.7. The molecule has 1 aliphatic heterocycles. The summed E-state index contributed by atoms with van der Waals surface area (Å²) in [5.41, 5.74) is -2.65. The van der Waals surface area contributed by atoms with Crippen LogP contribution in [0.1, 0.15) is 23.0 Å². The standard InChI is InChI=1S/C23H21F7N8/c1-36-7-6-31-21(36)33-15-11-37(12-15)16(13-2-4-14(24)5-3-13)10-32-19-8-17(22(25,26)27)34-20-9-18(23(28,29)30)35-38(19)20/h2-9,15-16,32H,10-12H2,1H3,(H,31,33)/t16-/m0/s1. The second kappa shape index (κ2) is 9.45. The van der Waals surface area contributed by atoms with Crippen LogP contribution < -0.4 is 10.6 Å². The van der Waals surface area contributed by atoms with Crippen molar-refractivity contribution in [3.63, 3.8) is 0 Å². The first-order chi connectivity index (χ1) is 17.9. The van der Waals surface area contributed by atoms with Crippen LogP contribution >= 0.6 is 0 Å². The molecule has 0 spiro atoms. The highest BCUT2D eigenvalue weighted by atomic mass is 19.4. The van der Waals surface area contributed by atoms with Gasteiger partial charge in [0.25, 0.3) is 0 Å². The van der Waals surface area contributed by atoms with Crippen molar-refractivity contribution in [2.45, 2.75) is 24.4 Å². The van der Waals surface area contributed by atoms with Crippen LogP contribution in [-0.2, 0) is 19.4 Å². The lowest BCUT2D eigenvalue weighted by Crippen LogP contribution is -2.57. The molecule has 202 valence electrons. The Balaban J connectivity index is 1.41. The number of nitrogens with one attached hydrogen (secondary N) is 2. The second-order valence-electron chi connectivity index (χ2n) is 8.93. The Bertz CT molecular complexity index is 1420. The van der Waals surface area contributed by atoms with Gasteiger partial charge in [-0.1, -0.05) is 12.1 Å². The molecule has 1 saturated heterocycles. The normalized spacial score (nSPS) is 16.0. The summed E-state index contributed by atoms with van der Waals surface area (Å²) in [4.78, 5) is 9.55. The lowest BCUT2D eigenvalue weighted by molar-refractivity contribution is -0.142. The van der Waals surface area contributed by atoms with Crippen LogP contribution in [-0.4, -0.2) is 54.7 Å². The van der Waals surface area contributed by atoms with Gasteiger partial charge in [0.15, 0.2) is 17.0 Å². The number of aryl methyl sites for hydroxylation is 1. The molecular weight excluding hydrogens is 521 g/mol. The van der Waals surface area contributed by atoms with Gasteiger partial charge in [-0.3, -0.25) is 4.90 Å². The molecule has 0 unspecified atom stereocenters. The van der Waals surface area contributed by atoms with E-state index in [9.17, 15) is 30.7 Å². The van der Waals surface area contributed by atoms with Crippen molar-refractivity contribution >= 4 is 17.4 Å². The summed E-state index contributed by atoms with van der Waals surface area (Å²) < 4.78 is 96.1. The molecule has 1 atom stereocenters. The summed E-state index contributed by atoms with van der Waals surface area (Å²) >= 11 is 0. The Hall–Kier alpha value is -3.88. The van der Waals surface area contributed by atoms with E-state index in [4.69, 9.17) is 0 Å². The van der Waals surface area contributed by atoms with Gasteiger partial charge in [-0.05, 0) is 17.7 Å². The van der Waals surface area contributed by atoms with Crippen molar-refractivity contribution in [1.29, 1.82) is 0 Å². The summed E-state index contributed by atoms with van der Waals surface area (Å²) in [6.07, 6.45) is -6.33. The molecule has 5 rings (SSSR count). The average Bonchev–Trinajstić information content (AvgIpc) is 3.43. The van der Waals surface area contributed by atoms with Gasteiger partial charge in [-0.15, -0.1) is 0 Å². The molecule has 0 aliphatic carbocycles. The highest BCUT2D eigenvalue weighted by Crippen LogP contribution is 2.34. The fourth-order valence-corrected chi connectivity index (χ4v) is 4.27. The first-order valence-electron chi connectivity index (χ1n) is 11.4. The molecule has 8 nitrogen and oxygen atoms in total. The number of fused-ring (bicyclic) bond motifs is 1. The van der Waals surface area contributed by atoms with Crippen LogP contribution in [0.5, 0.6) is 0 Å². The Morgan fingerprint density at radius 3 is 2.29 bits per heavy atom. The average molecular weight is 542 g/mol. The van der Waals surface area contributed by atoms with Crippen LogP contribution in [0.3, 0.4) is 0 Å². The second-order valence-corrected chi connectivity index (χ2v) is 8.93. The van der Waals surface area contributed by atoms with Gasteiger partial charge in [0.1, 0.15) is 11.6 Å². The minimum Gasteiger partial charge on any atom is -0.368 e. The minimum atomic E-state index is -4.89. The quantitative estimate of drug-likeness (QED) is 0.333. The molecule has 1 aliphatic rings. The Labute approximate surface area is 211 Å². The molecule has 0 bridgehead atoms. The number of halogens is 7. The number of hydrogen-bond acceptors (Lipinski definition) is 6. The summed E-state index contributed by atoms with van der Waals surface area (Å²) in [6.45, 7) is 1.07. The van der Waals surface area contributed by atoms with E-state index >= 15 is 0 Å². The van der Waals surface area contributed by atoms with Gasteiger partial charge in [0.2, 0.25) is 5.95 Å². The topological polar surface area (TPSA) is 75.3 Å². The van der Waals surface area contributed by atoms with Gasteiger partial charge in [0.05, 0.1) is 12.1 Å². The van der Waals surface area contributed by atoms with Gasteiger partial charge >= 0.3 is 12.4 Å². The summed E-state index contributed by atoms with van der Waals surface area (Å²) in [5, 5.41) is 9.53. The first-order valence-corrected chi connectivity index (χ1v) is 11.4. The monoisotopic (exact) mass is 542 g/mol. The molecule has 4 aromatic rings. The number of imidazole rings is 1. The molecule has 1 aromatic carbocycles. The maximum absolute atomic E-state index is 13.6.